The topological polar surface area (TPSA) is 37.8 Å². The number of anilines is 2. The Morgan fingerprint density at radius 3 is 2.68 bits per heavy atom. The third-order valence-electron chi connectivity index (χ3n) is 2.31. The van der Waals surface area contributed by atoms with Crippen molar-refractivity contribution in [1.29, 1.82) is 0 Å². The standard InChI is InChI=1S/C12H8ClF2N3S/c1-6-16-11(13)8(5-19)12(17-6)18-10-3-2-7(14)4-9(10)15/h2-5H,1H3,(H,16,17,18). The second-order valence-electron chi connectivity index (χ2n) is 3.69. The molecule has 7 heteroatoms. The number of halogens is 3. The van der Waals surface area contributed by atoms with Gasteiger partial charge in [-0.2, -0.15) is 0 Å². The molecule has 0 unspecified atom stereocenters. The van der Waals surface area contributed by atoms with Gasteiger partial charge in [-0.25, -0.2) is 18.7 Å². The normalized spacial score (nSPS) is 10.3. The van der Waals surface area contributed by atoms with Gasteiger partial charge in [0, 0.05) is 11.4 Å². The lowest BCUT2D eigenvalue weighted by atomic mass is 10.2. The van der Waals surface area contributed by atoms with Gasteiger partial charge in [-0.1, -0.05) is 23.8 Å². The zero-order chi connectivity index (χ0) is 14.0. The SMILES string of the molecule is Cc1nc(Cl)c(C=S)c(Nc2ccc(F)cc2F)n1. The third kappa shape index (κ3) is 3.02. The van der Waals surface area contributed by atoms with E-state index in [-0.39, 0.29) is 16.7 Å². The Bertz CT molecular complexity index is 649. The minimum Gasteiger partial charge on any atom is -0.337 e. The van der Waals surface area contributed by atoms with E-state index in [1.54, 1.807) is 6.92 Å². The van der Waals surface area contributed by atoms with Gasteiger partial charge < -0.3 is 5.32 Å². The highest BCUT2D eigenvalue weighted by molar-refractivity contribution is 7.79. The van der Waals surface area contributed by atoms with Crippen LogP contribution in [0.4, 0.5) is 20.3 Å². The molecule has 1 aromatic carbocycles. The molecule has 19 heavy (non-hydrogen) atoms. The first kappa shape index (κ1) is 13.8. The van der Waals surface area contributed by atoms with Crippen LogP contribution in [-0.4, -0.2) is 15.3 Å². The fourth-order valence-electron chi connectivity index (χ4n) is 1.47. The maximum Gasteiger partial charge on any atom is 0.149 e. The Labute approximate surface area is 118 Å². The maximum atomic E-state index is 13.6. The average Bonchev–Trinajstić information content (AvgIpc) is 2.32. The molecule has 0 amide bonds. The maximum absolute atomic E-state index is 13.6. The molecule has 0 aliphatic rings. The number of aromatic nitrogens is 2. The molecule has 0 saturated carbocycles. The first-order valence-electron chi connectivity index (χ1n) is 5.22. The highest BCUT2D eigenvalue weighted by Gasteiger charge is 2.12. The second kappa shape index (κ2) is 5.54. The monoisotopic (exact) mass is 299 g/mol. The summed E-state index contributed by atoms with van der Waals surface area (Å²) in [6.07, 6.45) is 0. The Balaban J connectivity index is 2.45. The fourth-order valence-corrected chi connectivity index (χ4v) is 2.02. The van der Waals surface area contributed by atoms with Crippen molar-refractivity contribution in [3.05, 3.63) is 46.4 Å². The quantitative estimate of drug-likeness (QED) is 0.691. The number of rotatable bonds is 3. The molecule has 0 radical (unpaired) electrons. The predicted molar refractivity (Wildman–Crippen MR) is 74.2 cm³/mol. The van der Waals surface area contributed by atoms with E-state index in [0.717, 1.165) is 12.1 Å². The van der Waals surface area contributed by atoms with Crippen LogP contribution in [0.5, 0.6) is 0 Å². The van der Waals surface area contributed by atoms with E-state index >= 15 is 0 Å². The van der Waals surface area contributed by atoms with E-state index in [9.17, 15) is 8.78 Å². The minimum absolute atomic E-state index is 0.0775. The molecule has 98 valence electrons. The number of benzene rings is 1. The molecule has 3 nitrogen and oxygen atoms in total. The van der Waals surface area contributed by atoms with Crippen LogP contribution in [0, 0.1) is 18.6 Å². The summed E-state index contributed by atoms with van der Waals surface area (Å²) in [5.41, 5.74) is 0.458. The van der Waals surface area contributed by atoms with Gasteiger partial charge in [0.05, 0.1) is 11.3 Å². The van der Waals surface area contributed by atoms with Gasteiger partial charge >= 0.3 is 0 Å². The Hall–Kier alpha value is -1.66. The molecule has 1 aromatic heterocycles. The van der Waals surface area contributed by atoms with Gasteiger partial charge in [-0.05, 0) is 19.1 Å². The summed E-state index contributed by atoms with van der Waals surface area (Å²) in [4.78, 5) is 8.04. The highest BCUT2D eigenvalue weighted by atomic mass is 35.5. The van der Waals surface area contributed by atoms with Gasteiger partial charge in [0.15, 0.2) is 0 Å². The molecule has 0 spiro atoms. The van der Waals surface area contributed by atoms with E-state index in [2.05, 4.69) is 15.3 Å². The van der Waals surface area contributed by atoms with Gasteiger partial charge in [-0.15, -0.1) is 0 Å². The van der Waals surface area contributed by atoms with Crippen LogP contribution in [0.25, 0.3) is 0 Å². The molecule has 2 aromatic rings. The molecule has 0 atom stereocenters. The fraction of sp³-hybridized carbons (Fsp3) is 0.0833. The van der Waals surface area contributed by atoms with Gasteiger partial charge in [0.2, 0.25) is 0 Å². The van der Waals surface area contributed by atoms with Crippen molar-refractivity contribution >= 4 is 40.7 Å². The van der Waals surface area contributed by atoms with Crippen LogP contribution >= 0.6 is 23.8 Å². The Morgan fingerprint density at radius 1 is 1.32 bits per heavy atom. The van der Waals surface area contributed by atoms with E-state index in [1.165, 1.54) is 11.4 Å². The molecule has 1 heterocycles. The summed E-state index contributed by atoms with van der Waals surface area (Å²) in [6, 6.07) is 3.18. The van der Waals surface area contributed by atoms with Gasteiger partial charge in [0.1, 0.15) is 28.4 Å². The molecular formula is C12H8ClF2N3S. The summed E-state index contributed by atoms with van der Waals surface area (Å²) < 4.78 is 26.4. The number of aryl methyl sites for hydroxylation is 1. The number of hydrogen-bond acceptors (Lipinski definition) is 4. The average molecular weight is 300 g/mol. The van der Waals surface area contributed by atoms with E-state index in [0.29, 0.717) is 11.4 Å². The highest BCUT2D eigenvalue weighted by Crippen LogP contribution is 2.25. The molecule has 0 aliphatic carbocycles. The van der Waals surface area contributed by atoms with Crippen LogP contribution in [0.1, 0.15) is 11.4 Å². The van der Waals surface area contributed by atoms with Crippen molar-refractivity contribution < 1.29 is 8.78 Å². The summed E-state index contributed by atoms with van der Waals surface area (Å²) in [5.74, 6) is -0.702. The van der Waals surface area contributed by atoms with Crippen LogP contribution in [0.2, 0.25) is 5.15 Å². The molecule has 2 rings (SSSR count). The largest absolute Gasteiger partial charge is 0.337 e. The Kier molecular flexibility index (Phi) is 4.01. The molecular weight excluding hydrogens is 292 g/mol. The smallest absolute Gasteiger partial charge is 0.149 e. The van der Waals surface area contributed by atoms with Crippen molar-refractivity contribution in [1.82, 2.24) is 9.97 Å². The molecule has 0 fully saturated rings. The first-order valence-corrected chi connectivity index (χ1v) is 6.07. The molecule has 0 bridgehead atoms. The molecule has 0 saturated heterocycles. The number of nitrogens with one attached hydrogen (secondary N) is 1. The minimum atomic E-state index is -0.734. The number of thiocarbonyl (C=S) groups is 1. The molecule has 1 N–H and O–H groups in total. The van der Waals surface area contributed by atoms with Crippen LogP contribution in [0.15, 0.2) is 18.2 Å². The van der Waals surface area contributed by atoms with Crippen LogP contribution < -0.4 is 5.32 Å². The lowest BCUT2D eigenvalue weighted by molar-refractivity contribution is 0.586. The van der Waals surface area contributed by atoms with E-state index in [4.69, 9.17) is 23.8 Å². The first-order chi connectivity index (χ1) is 9.01. The van der Waals surface area contributed by atoms with Crippen LogP contribution in [-0.2, 0) is 0 Å². The molecule has 0 aliphatic heterocycles. The van der Waals surface area contributed by atoms with Crippen molar-refractivity contribution in [3.8, 4) is 0 Å². The third-order valence-corrected chi connectivity index (χ3v) is 2.84. The zero-order valence-corrected chi connectivity index (χ0v) is 11.3. The van der Waals surface area contributed by atoms with Crippen molar-refractivity contribution in [2.24, 2.45) is 0 Å². The summed E-state index contributed by atoms with van der Waals surface area (Å²) in [5, 5.41) is 4.20. The lowest BCUT2D eigenvalue weighted by Gasteiger charge is -2.10. The van der Waals surface area contributed by atoms with E-state index in [1.807, 2.05) is 0 Å². The van der Waals surface area contributed by atoms with Crippen molar-refractivity contribution in [3.63, 3.8) is 0 Å². The summed E-state index contributed by atoms with van der Waals surface area (Å²) in [6.45, 7) is 1.64. The predicted octanol–water partition coefficient (Wildman–Crippen LogP) is 3.81. The second-order valence-corrected chi connectivity index (χ2v) is 4.28. The van der Waals surface area contributed by atoms with Gasteiger partial charge in [-0.3, -0.25) is 0 Å². The summed E-state index contributed by atoms with van der Waals surface area (Å²) in [7, 11) is 0. The number of nitrogens with zero attached hydrogens (tertiary/aromatic N) is 2. The van der Waals surface area contributed by atoms with Crippen molar-refractivity contribution in [2.75, 3.05) is 5.32 Å². The number of hydrogen-bond donors (Lipinski definition) is 1. The Morgan fingerprint density at radius 2 is 2.05 bits per heavy atom. The zero-order valence-electron chi connectivity index (χ0n) is 9.75. The van der Waals surface area contributed by atoms with Crippen molar-refractivity contribution in [2.45, 2.75) is 6.92 Å². The van der Waals surface area contributed by atoms with Crippen LogP contribution in [0.3, 0.4) is 0 Å². The van der Waals surface area contributed by atoms with E-state index < -0.39 is 11.6 Å². The lowest BCUT2D eigenvalue weighted by Crippen LogP contribution is -2.04. The summed E-state index contributed by atoms with van der Waals surface area (Å²) >= 11 is 10.7. The van der Waals surface area contributed by atoms with Gasteiger partial charge in [0.25, 0.3) is 0 Å².